The van der Waals surface area contributed by atoms with Crippen LogP contribution in [0, 0.1) is 11.3 Å². The summed E-state index contributed by atoms with van der Waals surface area (Å²) >= 11 is 0. The van der Waals surface area contributed by atoms with Crippen molar-refractivity contribution in [1.29, 1.82) is 5.26 Å². The van der Waals surface area contributed by atoms with Crippen LogP contribution in [0.5, 0.6) is 0 Å². The number of hydrogen-bond donors (Lipinski definition) is 0. The molecule has 1 aromatic heterocycles. The maximum absolute atomic E-state index is 12.1. The molecule has 2 rings (SSSR count). The summed E-state index contributed by atoms with van der Waals surface area (Å²) in [6.07, 6.45) is 0. The van der Waals surface area contributed by atoms with E-state index in [9.17, 15) is 4.21 Å². The van der Waals surface area contributed by atoms with E-state index in [1.165, 1.54) is 0 Å². The molecule has 5 nitrogen and oxygen atoms in total. The Hall–Kier alpha value is -2.00. The molecule has 1 heterocycles. The highest BCUT2D eigenvalue weighted by molar-refractivity contribution is 7.85. The number of fused-ring (bicyclic) bond motifs is 1. The Kier molecular flexibility index (Phi) is 3.97. The minimum absolute atomic E-state index is 0.383. The first-order valence-electron chi connectivity index (χ1n) is 6.58. The lowest BCUT2D eigenvalue weighted by Crippen LogP contribution is -2.20. The zero-order chi connectivity index (χ0) is 15.8. The number of nitriles is 1. The molecule has 0 amide bonds. The van der Waals surface area contributed by atoms with Crippen LogP contribution in [0.2, 0.25) is 0 Å². The Labute approximate surface area is 126 Å². The first kappa shape index (κ1) is 15.4. The van der Waals surface area contributed by atoms with Crippen molar-refractivity contribution in [3.63, 3.8) is 0 Å². The first-order valence-corrected chi connectivity index (χ1v) is 7.69. The number of aromatic nitrogens is 2. The van der Waals surface area contributed by atoms with Crippen molar-refractivity contribution in [2.45, 2.75) is 32.4 Å². The molecule has 2 aromatic rings. The minimum Gasteiger partial charge on any atom is -0.267 e. The van der Waals surface area contributed by atoms with Crippen LogP contribution in [0.1, 0.15) is 39.0 Å². The summed E-state index contributed by atoms with van der Waals surface area (Å²) in [5.74, 6) is 0. The SMILES string of the molecule is C/C(=N/S(=O)C(C)(C)C)c1ccc2c(C#N)nn(C)c2c1. The van der Waals surface area contributed by atoms with Crippen molar-refractivity contribution >= 4 is 27.6 Å². The molecule has 110 valence electrons. The van der Waals surface area contributed by atoms with Crippen LogP contribution < -0.4 is 0 Å². The smallest absolute Gasteiger partial charge is 0.170 e. The summed E-state index contributed by atoms with van der Waals surface area (Å²) in [6, 6.07) is 7.73. The van der Waals surface area contributed by atoms with Gasteiger partial charge in [0.1, 0.15) is 17.1 Å². The van der Waals surface area contributed by atoms with E-state index < -0.39 is 11.0 Å². The van der Waals surface area contributed by atoms with E-state index in [1.54, 1.807) is 11.7 Å². The molecule has 1 unspecified atom stereocenters. The predicted molar refractivity (Wildman–Crippen MR) is 85.5 cm³/mol. The van der Waals surface area contributed by atoms with Crippen LogP contribution in [-0.2, 0) is 18.0 Å². The Morgan fingerprint density at radius 3 is 2.67 bits per heavy atom. The Bertz CT molecular complexity index is 790. The van der Waals surface area contributed by atoms with Gasteiger partial charge >= 0.3 is 0 Å². The van der Waals surface area contributed by atoms with Crippen molar-refractivity contribution in [2.24, 2.45) is 11.4 Å². The number of rotatable bonds is 2. The van der Waals surface area contributed by atoms with Crippen LogP contribution in [0.4, 0.5) is 0 Å². The Balaban J connectivity index is 2.49. The average molecular weight is 302 g/mol. The standard InChI is InChI=1S/C15H18N4OS/c1-10(18-21(20)15(2,3)4)11-6-7-12-13(9-16)17-19(5)14(12)8-11/h6-8H,1-5H3/b18-10-. The van der Waals surface area contributed by atoms with Crippen LogP contribution in [0.25, 0.3) is 10.9 Å². The summed E-state index contributed by atoms with van der Waals surface area (Å²) < 4.78 is 17.7. The highest BCUT2D eigenvalue weighted by atomic mass is 32.2. The van der Waals surface area contributed by atoms with E-state index in [2.05, 4.69) is 15.6 Å². The van der Waals surface area contributed by atoms with E-state index in [-0.39, 0.29) is 4.75 Å². The number of nitrogens with zero attached hydrogens (tertiary/aromatic N) is 4. The van der Waals surface area contributed by atoms with Gasteiger partial charge in [0.2, 0.25) is 0 Å². The summed E-state index contributed by atoms with van der Waals surface area (Å²) in [7, 11) is 0.508. The number of hydrogen-bond acceptors (Lipinski definition) is 3. The van der Waals surface area contributed by atoms with Gasteiger partial charge in [-0.15, -0.1) is 0 Å². The average Bonchev–Trinajstić information content (AvgIpc) is 2.74. The molecule has 0 saturated carbocycles. The van der Waals surface area contributed by atoms with E-state index >= 15 is 0 Å². The van der Waals surface area contributed by atoms with Crippen molar-refractivity contribution < 1.29 is 4.21 Å². The molecule has 0 N–H and O–H groups in total. The highest BCUT2D eigenvalue weighted by Gasteiger charge is 2.19. The third-order valence-electron chi connectivity index (χ3n) is 3.12. The summed E-state index contributed by atoms with van der Waals surface area (Å²) in [5, 5.41) is 14.0. The quantitative estimate of drug-likeness (QED) is 0.801. The van der Waals surface area contributed by atoms with E-state index in [4.69, 9.17) is 5.26 Å². The number of aryl methyl sites for hydroxylation is 1. The third-order valence-corrected chi connectivity index (χ3v) is 4.61. The Morgan fingerprint density at radius 2 is 2.10 bits per heavy atom. The van der Waals surface area contributed by atoms with Crippen molar-refractivity contribution in [2.75, 3.05) is 0 Å². The summed E-state index contributed by atoms with van der Waals surface area (Å²) in [6.45, 7) is 7.52. The molecule has 0 spiro atoms. The molecule has 0 saturated heterocycles. The van der Waals surface area contributed by atoms with Crippen molar-refractivity contribution in [3.05, 3.63) is 29.5 Å². The zero-order valence-corrected chi connectivity index (χ0v) is 13.7. The normalized spacial score (nSPS) is 14.2. The molecule has 21 heavy (non-hydrogen) atoms. The van der Waals surface area contributed by atoms with Gasteiger partial charge < -0.3 is 0 Å². The fraction of sp³-hybridized carbons (Fsp3) is 0.400. The van der Waals surface area contributed by atoms with Crippen LogP contribution in [0.3, 0.4) is 0 Å². The van der Waals surface area contributed by atoms with Crippen LogP contribution in [0.15, 0.2) is 22.6 Å². The van der Waals surface area contributed by atoms with E-state index in [0.29, 0.717) is 11.4 Å². The maximum Gasteiger partial charge on any atom is 0.170 e. The predicted octanol–water partition coefficient (Wildman–Crippen LogP) is 2.72. The van der Waals surface area contributed by atoms with Gasteiger partial charge in [0.05, 0.1) is 16.0 Å². The monoisotopic (exact) mass is 302 g/mol. The second-order valence-corrected chi connectivity index (χ2v) is 7.76. The first-order chi connectivity index (χ1) is 9.74. The fourth-order valence-corrected chi connectivity index (χ4v) is 2.51. The van der Waals surface area contributed by atoms with Gasteiger partial charge in [-0.25, -0.2) is 4.21 Å². The molecule has 0 bridgehead atoms. The molecule has 0 aliphatic heterocycles. The molecule has 1 atom stereocenters. The summed E-state index contributed by atoms with van der Waals surface area (Å²) in [5.41, 5.74) is 2.87. The molecule has 0 aliphatic carbocycles. The van der Waals surface area contributed by atoms with Gasteiger partial charge in [-0.05, 0) is 45.4 Å². The molecule has 1 aromatic carbocycles. The van der Waals surface area contributed by atoms with Gasteiger partial charge in [0.15, 0.2) is 5.69 Å². The molecular formula is C15H18N4OS. The van der Waals surface area contributed by atoms with Gasteiger partial charge in [0, 0.05) is 12.4 Å². The third kappa shape index (κ3) is 3.03. The van der Waals surface area contributed by atoms with Crippen LogP contribution in [-0.4, -0.2) is 24.4 Å². The highest BCUT2D eigenvalue weighted by Crippen LogP contribution is 2.20. The lowest BCUT2D eigenvalue weighted by atomic mass is 10.1. The van der Waals surface area contributed by atoms with Gasteiger partial charge in [-0.3, -0.25) is 4.68 Å². The lowest BCUT2D eigenvalue weighted by molar-refractivity contribution is 0.650. The van der Waals surface area contributed by atoms with Crippen LogP contribution >= 0.6 is 0 Å². The van der Waals surface area contributed by atoms with Crippen molar-refractivity contribution in [1.82, 2.24) is 9.78 Å². The summed E-state index contributed by atoms with van der Waals surface area (Å²) in [4.78, 5) is 0. The fourth-order valence-electron chi connectivity index (χ4n) is 1.88. The second kappa shape index (κ2) is 5.41. The largest absolute Gasteiger partial charge is 0.267 e. The maximum atomic E-state index is 12.1. The van der Waals surface area contributed by atoms with E-state index in [1.807, 2.05) is 45.9 Å². The Morgan fingerprint density at radius 1 is 1.43 bits per heavy atom. The minimum atomic E-state index is -1.29. The second-order valence-electron chi connectivity index (χ2n) is 5.85. The zero-order valence-electron chi connectivity index (χ0n) is 12.8. The molecule has 0 fully saturated rings. The topological polar surface area (TPSA) is 71.0 Å². The molecule has 6 heteroatoms. The van der Waals surface area contributed by atoms with Gasteiger partial charge in [-0.1, -0.05) is 6.07 Å². The molecule has 0 radical (unpaired) electrons. The van der Waals surface area contributed by atoms with Gasteiger partial charge in [-0.2, -0.15) is 14.8 Å². The number of benzene rings is 1. The lowest BCUT2D eigenvalue weighted by Gasteiger charge is -2.14. The van der Waals surface area contributed by atoms with Gasteiger partial charge in [0.25, 0.3) is 0 Å². The molecular weight excluding hydrogens is 284 g/mol. The molecule has 0 aliphatic rings. The van der Waals surface area contributed by atoms with E-state index in [0.717, 1.165) is 16.5 Å². The van der Waals surface area contributed by atoms with Crippen molar-refractivity contribution in [3.8, 4) is 6.07 Å².